The van der Waals surface area contributed by atoms with Gasteiger partial charge in [0.15, 0.2) is 0 Å². The summed E-state index contributed by atoms with van der Waals surface area (Å²) in [5.41, 5.74) is 4.18. The number of likely N-dealkylation sites (tertiary alicyclic amines) is 1. The normalized spacial score (nSPS) is 16.5. The standard InChI is InChI=1S/C28H31ClN6OS/c1-19(2)32-27(36)33-13-8-28(9-14-33)23-7-11-31-17-25(23)35(26(28)37)18-22-16-20-15-21(29)5-6-24(20)34(22)12-4-3-10-30/h5-7,11,15-17,19H,3-4,8-9,12-14,18H2,1-2H3,(H,32,36). The highest BCUT2D eigenvalue weighted by molar-refractivity contribution is 7.80. The van der Waals surface area contributed by atoms with Crippen molar-refractivity contribution in [2.75, 3.05) is 18.0 Å². The van der Waals surface area contributed by atoms with Crippen LogP contribution in [0.5, 0.6) is 0 Å². The molecule has 2 aliphatic heterocycles. The molecule has 5 rings (SSSR count). The number of rotatable bonds is 6. The molecule has 1 aromatic carbocycles. The van der Waals surface area contributed by atoms with Gasteiger partial charge in [-0.15, -0.1) is 0 Å². The third kappa shape index (κ3) is 4.67. The summed E-state index contributed by atoms with van der Waals surface area (Å²) in [6.07, 6.45) is 6.60. The molecule has 2 aliphatic rings. The average Bonchev–Trinajstić information content (AvgIpc) is 3.32. The number of aromatic nitrogens is 2. The van der Waals surface area contributed by atoms with Crippen LogP contribution in [0.3, 0.4) is 0 Å². The highest BCUT2D eigenvalue weighted by Crippen LogP contribution is 2.49. The van der Waals surface area contributed by atoms with Gasteiger partial charge in [0.05, 0.1) is 34.9 Å². The smallest absolute Gasteiger partial charge is 0.317 e. The molecule has 3 aromatic rings. The number of carbonyl (C=O) groups is 1. The number of unbranched alkanes of at least 4 members (excludes halogenated alkanes) is 1. The molecule has 1 fully saturated rings. The summed E-state index contributed by atoms with van der Waals surface area (Å²) < 4.78 is 2.28. The Bertz CT molecular complexity index is 1390. The zero-order valence-corrected chi connectivity index (χ0v) is 22.8. The number of aryl methyl sites for hydroxylation is 1. The average molecular weight is 535 g/mol. The van der Waals surface area contributed by atoms with Crippen molar-refractivity contribution in [2.24, 2.45) is 0 Å². The molecule has 0 bridgehead atoms. The number of urea groups is 1. The minimum Gasteiger partial charge on any atom is -0.343 e. The number of benzene rings is 1. The van der Waals surface area contributed by atoms with E-state index in [2.05, 4.69) is 38.0 Å². The fourth-order valence-electron chi connectivity index (χ4n) is 5.73. The lowest BCUT2D eigenvalue weighted by molar-refractivity contribution is 0.172. The topological polar surface area (TPSA) is 77.2 Å². The number of pyridine rings is 1. The Morgan fingerprint density at radius 2 is 2.05 bits per heavy atom. The van der Waals surface area contributed by atoms with Crippen LogP contribution in [0.2, 0.25) is 5.02 Å². The van der Waals surface area contributed by atoms with Crippen LogP contribution < -0.4 is 10.2 Å². The van der Waals surface area contributed by atoms with Crippen molar-refractivity contribution in [3.05, 3.63) is 59.0 Å². The van der Waals surface area contributed by atoms with Crippen molar-refractivity contribution < 1.29 is 4.79 Å². The van der Waals surface area contributed by atoms with Gasteiger partial charge in [-0.3, -0.25) is 4.98 Å². The van der Waals surface area contributed by atoms with Gasteiger partial charge in [-0.25, -0.2) is 4.79 Å². The molecule has 9 heteroatoms. The van der Waals surface area contributed by atoms with Gasteiger partial charge in [0.25, 0.3) is 0 Å². The quantitative estimate of drug-likeness (QED) is 0.320. The van der Waals surface area contributed by atoms with Crippen LogP contribution >= 0.6 is 23.8 Å². The molecule has 0 radical (unpaired) electrons. The highest BCUT2D eigenvalue weighted by Gasteiger charge is 2.49. The maximum absolute atomic E-state index is 12.6. The lowest BCUT2D eigenvalue weighted by atomic mass is 9.74. The Hall–Kier alpha value is -3.15. The molecular weight excluding hydrogens is 504 g/mol. The van der Waals surface area contributed by atoms with Crippen molar-refractivity contribution in [3.8, 4) is 6.07 Å². The number of amides is 2. The van der Waals surface area contributed by atoms with Crippen molar-refractivity contribution in [1.29, 1.82) is 5.26 Å². The van der Waals surface area contributed by atoms with Crippen LogP contribution in [-0.4, -0.2) is 44.6 Å². The van der Waals surface area contributed by atoms with E-state index in [0.29, 0.717) is 31.1 Å². The van der Waals surface area contributed by atoms with Crippen LogP contribution in [0, 0.1) is 11.3 Å². The number of carbonyl (C=O) groups excluding carboxylic acids is 1. The molecule has 4 heterocycles. The second-order valence-electron chi connectivity index (χ2n) is 10.2. The van der Waals surface area contributed by atoms with E-state index in [1.807, 2.05) is 49.3 Å². The molecule has 0 aliphatic carbocycles. The summed E-state index contributed by atoms with van der Waals surface area (Å²) in [6, 6.07) is 12.6. The molecule has 192 valence electrons. The first kappa shape index (κ1) is 25.5. The van der Waals surface area contributed by atoms with E-state index in [4.69, 9.17) is 29.1 Å². The van der Waals surface area contributed by atoms with Gasteiger partial charge in [0.1, 0.15) is 0 Å². The molecular formula is C28H31ClN6OS. The van der Waals surface area contributed by atoms with Crippen LogP contribution in [0.1, 0.15) is 50.8 Å². The van der Waals surface area contributed by atoms with E-state index in [1.165, 1.54) is 5.56 Å². The third-order valence-corrected chi connectivity index (χ3v) is 8.36. The number of hydrogen-bond donors (Lipinski definition) is 1. The monoisotopic (exact) mass is 534 g/mol. The van der Waals surface area contributed by atoms with E-state index in [-0.39, 0.29) is 17.5 Å². The third-order valence-electron chi connectivity index (χ3n) is 7.52. The largest absolute Gasteiger partial charge is 0.343 e. The second kappa shape index (κ2) is 10.3. The maximum atomic E-state index is 12.6. The van der Waals surface area contributed by atoms with Gasteiger partial charge in [-0.1, -0.05) is 23.8 Å². The first-order valence-corrected chi connectivity index (χ1v) is 13.6. The predicted molar refractivity (Wildman–Crippen MR) is 151 cm³/mol. The fourth-order valence-corrected chi connectivity index (χ4v) is 6.39. The Morgan fingerprint density at radius 1 is 1.27 bits per heavy atom. The van der Waals surface area contributed by atoms with Gasteiger partial charge in [0, 0.05) is 59.9 Å². The summed E-state index contributed by atoms with van der Waals surface area (Å²) in [7, 11) is 0. The molecule has 7 nitrogen and oxygen atoms in total. The number of fused-ring (bicyclic) bond motifs is 3. The van der Waals surface area contributed by atoms with Gasteiger partial charge >= 0.3 is 6.03 Å². The van der Waals surface area contributed by atoms with Gasteiger partial charge in [-0.2, -0.15) is 5.26 Å². The Balaban J connectivity index is 1.45. The summed E-state index contributed by atoms with van der Waals surface area (Å²) in [4.78, 5) is 22.1. The van der Waals surface area contributed by atoms with Crippen LogP contribution in [0.25, 0.3) is 10.9 Å². The summed E-state index contributed by atoms with van der Waals surface area (Å²) in [5.74, 6) is 0. The van der Waals surface area contributed by atoms with E-state index < -0.39 is 0 Å². The minimum absolute atomic E-state index is 0.0129. The van der Waals surface area contributed by atoms with Gasteiger partial charge in [0.2, 0.25) is 0 Å². The number of piperidine rings is 1. The number of hydrogen-bond acceptors (Lipinski definition) is 4. The molecule has 1 saturated heterocycles. The Kier molecular flexibility index (Phi) is 7.11. The lowest BCUT2D eigenvalue weighted by Gasteiger charge is -2.40. The van der Waals surface area contributed by atoms with Crippen molar-refractivity contribution >= 4 is 51.4 Å². The number of thiocarbonyl (C=S) groups is 1. The molecule has 37 heavy (non-hydrogen) atoms. The first-order valence-electron chi connectivity index (χ1n) is 12.8. The molecule has 0 atom stereocenters. The van der Waals surface area contributed by atoms with Crippen molar-refractivity contribution in [1.82, 2.24) is 19.8 Å². The zero-order chi connectivity index (χ0) is 26.2. The molecule has 2 aromatic heterocycles. The van der Waals surface area contributed by atoms with Crippen LogP contribution in [0.4, 0.5) is 10.5 Å². The van der Waals surface area contributed by atoms with Crippen LogP contribution in [-0.2, 0) is 18.5 Å². The van der Waals surface area contributed by atoms with Gasteiger partial charge < -0.3 is 19.7 Å². The fraction of sp³-hybridized carbons (Fsp3) is 0.429. The summed E-state index contributed by atoms with van der Waals surface area (Å²) in [5, 5.41) is 13.9. The minimum atomic E-state index is -0.289. The highest BCUT2D eigenvalue weighted by atomic mass is 35.5. The van der Waals surface area contributed by atoms with E-state index in [0.717, 1.165) is 53.1 Å². The molecule has 1 N–H and O–H groups in total. The van der Waals surface area contributed by atoms with Gasteiger partial charge in [-0.05, 0) is 69.0 Å². The van der Waals surface area contributed by atoms with E-state index in [9.17, 15) is 4.79 Å². The summed E-state index contributed by atoms with van der Waals surface area (Å²) >= 11 is 12.5. The number of nitrogens with zero attached hydrogens (tertiary/aromatic N) is 5. The number of anilines is 1. The van der Waals surface area contributed by atoms with Crippen molar-refractivity contribution in [3.63, 3.8) is 0 Å². The molecule has 1 spiro atoms. The second-order valence-corrected chi connectivity index (χ2v) is 11.0. The maximum Gasteiger partial charge on any atom is 0.317 e. The molecule has 0 unspecified atom stereocenters. The molecule has 0 saturated carbocycles. The number of nitriles is 1. The lowest BCUT2D eigenvalue weighted by Crippen LogP contribution is -2.52. The number of halogens is 1. The summed E-state index contributed by atoms with van der Waals surface area (Å²) in [6.45, 7) is 6.62. The Labute approximate surface area is 228 Å². The molecule has 2 amide bonds. The van der Waals surface area contributed by atoms with E-state index in [1.54, 1.807) is 0 Å². The van der Waals surface area contributed by atoms with E-state index >= 15 is 0 Å². The zero-order valence-electron chi connectivity index (χ0n) is 21.2. The Morgan fingerprint density at radius 3 is 2.78 bits per heavy atom. The SMILES string of the molecule is CC(C)NC(=O)N1CCC2(CC1)C(=S)N(Cc1cc3cc(Cl)ccc3n1CCCC#N)c1cnccc12. The first-order chi connectivity index (χ1) is 17.8. The van der Waals surface area contributed by atoms with Crippen LogP contribution in [0.15, 0.2) is 42.7 Å². The predicted octanol–water partition coefficient (Wildman–Crippen LogP) is 5.79. The number of nitrogens with one attached hydrogen (secondary N) is 1. The van der Waals surface area contributed by atoms with Crippen molar-refractivity contribution in [2.45, 2.75) is 64.1 Å².